The third kappa shape index (κ3) is 2.64. The molecule has 0 unspecified atom stereocenters. The molecule has 108 valence electrons. The Morgan fingerprint density at radius 1 is 1.33 bits per heavy atom. The lowest BCUT2D eigenvalue weighted by Crippen LogP contribution is -2.13. The lowest BCUT2D eigenvalue weighted by Gasteiger charge is -2.08. The van der Waals surface area contributed by atoms with E-state index in [0.717, 1.165) is 5.56 Å². The second-order valence-electron chi connectivity index (χ2n) is 4.49. The number of fused-ring (bicyclic) bond motifs is 1. The molecule has 0 amide bonds. The summed E-state index contributed by atoms with van der Waals surface area (Å²) in [4.78, 5) is 11.2. The minimum atomic E-state index is -3.70. The van der Waals surface area contributed by atoms with Gasteiger partial charge in [-0.1, -0.05) is 0 Å². The van der Waals surface area contributed by atoms with Gasteiger partial charge in [-0.15, -0.1) is 0 Å². The largest absolute Gasteiger partial charge is 0.345 e. The summed E-state index contributed by atoms with van der Waals surface area (Å²) < 4.78 is 28.2. The van der Waals surface area contributed by atoms with Crippen molar-refractivity contribution in [2.24, 2.45) is 0 Å². The molecule has 0 saturated carbocycles. The molecule has 3 heterocycles. The molecular weight excluding hydrogens is 356 g/mol. The molecule has 0 saturated heterocycles. The van der Waals surface area contributed by atoms with Crippen LogP contribution in [0, 0.1) is 6.92 Å². The number of H-pyrrole nitrogens is 1. The number of rotatable bonds is 3. The first kappa shape index (κ1) is 14.0. The first-order valence-electron chi connectivity index (χ1n) is 6.04. The highest BCUT2D eigenvalue weighted by atomic mass is 79.9. The van der Waals surface area contributed by atoms with Crippen LogP contribution in [0.25, 0.3) is 11.0 Å². The number of hydrogen-bond acceptors (Lipinski definition) is 4. The van der Waals surface area contributed by atoms with Gasteiger partial charge in [0.2, 0.25) is 0 Å². The molecule has 8 heteroatoms. The third-order valence-corrected chi connectivity index (χ3v) is 5.22. The van der Waals surface area contributed by atoms with Crippen LogP contribution in [0.5, 0.6) is 0 Å². The normalized spacial score (nSPS) is 11.7. The number of hydrogen-bond donors (Lipinski definition) is 2. The first-order chi connectivity index (χ1) is 9.97. The summed E-state index contributed by atoms with van der Waals surface area (Å²) >= 11 is 3.28. The number of halogens is 1. The van der Waals surface area contributed by atoms with Gasteiger partial charge in [-0.3, -0.25) is 4.72 Å². The molecule has 3 aromatic heterocycles. The van der Waals surface area contributed by atoms with Crippen molar-refractivity contribution in [1.29, 1.82) is 0 Å². The summed E-state index contributed by atoms with van der Waals surface area (Å²) in [5, 5.41) is 0.548. The zero-order chi connectivity index (χ0) is 15.0. The van der Waals surface area contributed by atoms with Crippen molar-refractivity contribution >= 4 is 42.7 Å². The molecule has 0 aliphatic rings. The van der Waals surface area contributed by atoms with Crippen LogP contribution in [0.3, 0.4) is 0 Å². The number of nitrogens with zero attached hydrogens (tertiary/aromatic N) is 2. The number of anilines is 1. The van der Waals surface area contributed by atoms with Gasteiger partial charge in [0.25, 0.3) is 10.0 Å². The monoisotopic (exact) mass is 366 g/mol. The molecule has 2 N–H and O–H groups in total. The van der Waals surface area contributed by atoms with Gasteiger partial charge in [-0.2, -0.15) is 0 Å². The van der Waals surface area contributed by atoms with Gasteiger partial charge < -0.3 is 4.98 Å². The smallest absolute Gasteiger partial charge is 0.264 e. The number of aromatic nitrogens is 3. The van der Waals surface area contributed by atoms with Gasteiger partial charge in [0.05, 0.1) is 11.9 Å². The van der Waals surface area contributed by atoms with E-state index in [1.807, 2.05) is 6.92 Å². The van der Waals surface area contributed by atoms with Crippen LogP contribution in [-0.4, -0.2) is 23.4 Å². The molecule has 0 aliphatic carbocycles. The number of pyridine rings is 2. The second-order valence-corrected chi connectivity index (χ2v) is 6.89. The molecule has 0 aliphatic heterocycles. The van der Waals surface area contributed by atoms with Gasteiger partial charge in [-0.25, -0.2) is 18.4 Å². The maximum absolute atomic E-state index is 12.5. The fourth-order valence-electron chi connectivity index (χ4n) is 1.98. The molecule has 0 aromatic carbocycles. The van der Waals surface area contributed by atoms with E-state index in [2.05, 4.69) is 35.6 Å². The molecule has 3 rings (SSSR count). The Hall–Kier alpha value is -1.93. The van der Waals surface area contributed by atoms with Crippen molar-refractivity contribution in [3.63, 3.8) is 0 Å². The minimum Gasteiger partial charge on any atom is -0.345 e. The van der Waals surface area contributed by atoms with Crippen molar-refractivity contribution in [3.05, 3.63) is 47.0 Å². The predicted molar refractivity (Wildman–Crippen MR) is 83.6 cm³/mol. The highest BCUT2D eigenvalue weighted by Gasteiger charge is 2.19. The van der Waals surface area contributed by atoms with Crippen LogP contribution in [0.1, 0.15) is 5.56 Å². The number of nitrogens with one attached hydrogen (secondary N) is 2. The van der Waals surface area contributed by atoms with E-state index < -0.39 is 10.0 Å². The molecule has 0 radical (unpaired) electrons. The molecule has 0 atom stereocenters. The fraction of sp³-hybridized carbons (Fsp3) is 0.0769. The van der Waals surface area contributed by atoms with E-state index in [9.17, 15) is 8.42 Å². The van der Waals surface area contributed by atoms with E-state index in [4.69, 9.17) is 0 Å². The van der Waals surface area contributed by atoms with E-state index in [1.54, 1.807) is 24.4 Å². The maximum Gasteiger partial charge on any atom is 0.264 e. The number of aromatic amines is 1. The lowest BCUT2D eigenvalue weighted by atomic mass is 10.3. The standard InChI is InChI=1S/C13H11BrN4O2S/c1-8-5-9(6-16-12(8)14)18-21(19,20)11-7-17-13-10(11)3-2-4-15-13/h2-7,18H,1H3,(H,15,17). The zero-order valence-electron chi connectivity index (χ0n) is 11.0. The highest BCUT2D eigenvalue weighted by molar-refractivity contribution is 9.10. The topological polar surface area (TPSA) is 87.7 Å². The lowest BCUT2D eigenvalue weighted by molar-refractivity contribution is 0.602. The van der Waals surface area contributed by atoms with E-state index in [-0.39, 0.29) is 4.90 Å². The summed E-state index contributed by atoms with van der Waals surface area (Å²) in [5.74, 6) is 0. The van der Waals surface area contributed by atoms with Crippen LogP contribution >= 0.6 is 15.9 Å². The van der Waals surface area contributed by atoms with Crippen LogP contribution in [-0.2, 0) is 10.0 Å². The summed E-state index contributed by atoms with van der Waals surface area (Å²) in [6.45, 7) is 1.84. The molecule has 6 nitrogen and oxygen atoms in total. The Kier molecular flexibility index (Phi) is 3.42. The maximum atomic E-state index is 12.5. The Morgan fingerprint density at radius 2 is 2.14 bits per heavy atom. The molecule has 0 bridgehead atoms. The molecule has 21 heavy (non-hydrogen) atoms. The van der Waals surface area contributed by atoms with Crippen molar-refractivity contribution in [1.82, 2.24) is 15.0 Å². The number of sulfonamides is 1. The Balaban J connectivity index is 2.02. The summed E-state index contributed by atoms with van der Waals surface area (Å²) in [7, 11) is -3.70. The molecular formula is C13H11BrN4O2S. The minimum absolute atomic E-state index is 0.158. The van der Waals surface area contributed by atoms with Crippen molar-refractivity contribution in [2.45, 2.75) is 11.8 Å². The molecule has 0 fully saturated rings. The zero-order valence-corrected chi connectivity index (χ0v) is 13.4. The first-order valence-corrected chi connectivity index (χ1v) is 8.32. The average Bonchev–Trinajstić information content (AvgIpc) is 2.87. The predicted octanol–water partition coefficient (Wildman–Crippen LogP) is 2.83. The van der Waals surface area contributed by atoms with Crippen LogP contribution in [0.2, 0.25) is 0 Å². The SMILES string of the molecule is Cc1cc(NS(=O)(=O)c2c[nH]c3ncccc23)cnc1Br. The van der Waals surface area contributed by atoms with Gasteiger partial charge >= 0.3 is 0 Å². The van der Waals surface area contributed by atoms with Crippen molar-refractivity contribution < 1.29 is 8.42 Å². The van der Waals surface area contributed by atoms with Crippen LogP contribution < -0.4 is 4.72 Å². The van der Waals surface area contributed by atoms with Crippen LogP contribution in [0.4, 0.5) is 5.69 Å². The Morgan fingerprint density at radius 3 is 2.90 bits per heavy atom. The van der Waals surface area contributed by atoms with E-state index in [0.29, 0.717) is 21.3 Å². The fourth-order valence-corrected chi connectivity index (χ4v) is 3.39. The summed E-state index contributed by atoms with van der Waals surface area (Å²) in [5.41, 5.74) is 1.78. The summed E-state index contributed by atoms with van der Waals surface area (Å²) in [6.07, 6.45) is 4.49. The van der Waals surface area contributed by atoms with E-state index in [1.165, 1.54) is 12.4 Å². The Labute approximate surface area is 129 Å². The highest BCUT2D eigenvalue weighted by Crippen LogP contribution is 2.24. The van der Waals surface area contributed by atoms with Gasteiger partial charge in [0, 0.05) is 17.8 Å². The summed E-state index contributed by atoms with van der Waals surface area (Å²) in [6, 6.07) is 5.11. The quantitative estimate of drug-likeness (QED) is 0.697. The molecule has 0 spiro atoms. The Bertz CT molecular complexity index is 921. The number of aryl methyl sites for hydroxylation is 1. The van der Waals surface area contributed by atoms with E-state index >= 15 is 0 Å². The average molecular weight is 367 g/mol. The third-order valence-electron chi connectivity index (χ3n) is 2.97. The van der Waals surface area contributed by atoms with Gasteiger partial charge in [0.1, 0.15) is 15.1 Å². The van der Waals surface area contributed by atoms with Gasteiger partial charge in [0.15, 0.2) is 0 Å². The van der Waals surface area contributed by atoms with Crippen molar-refractivity contribution in [2.75, 3.05) is 4.72 Å². The second kappa shape index (κ2) is 5.12. The van der Waals surface area contributed by atoms with Crippen LogP contribution in [0.15, 0.2) is 46.3 Å². The molecule has 3 aromatic rings. The van der Waals surface area contributed by atoms with Gasteiger partial charge in [-0.05, 0) is 46.6 Å². The van der Waals surface area contributed by atoms with Crippen molar-refractivity contribution in [3.8, 4) is 0 Å².